The quantitative estimate of drug-likeness (QED) is 0.870. The fourth-order valence-electron chi connectivity index (χ4n) is 2.19. The number of likely N-dealkylation sites (tertiary alicyclic amines) is 1. The van der Waals surface area contributed by atoms with Crippen LogP contribution in [0.4, 0.5) is 0 Å². The summed E-state index contributed by atoms with van der Waals surface area (Å²) in [6.45, 7) is 1.52. The molecule has 1 unspecified atom stereocenters. The van der Waals surface area contributed by atoms with Gasteiger partial charge in [0.15, 0.2) is 0 Å². The van der Waals surface area contributed by atoms with E-state index in [-0.39, 0.29) is 6.04 Å². The zero-order chi connectivity index (χ0) is 12.3. The van der Waals surface area contributed by atoms with Gasteiger partial charge in [-0.15, -0.1) is 0 Å². The summed E-state index contributed by atoms with van der Waals surface area (Å²) in [5.74, 6) is -0.713. The van der Waals surface area contributed by atoms with Crippen LogP contribution in [-0.4, -0.2) is 33.5 Å². The summed E-state index contributed by atoms with van der Waals surface area (Å²) in [4.78, 5) is 17.3. The van der Waals surface area contributed by atoms with E-state index in [9.17, 15) is 4.79 Å². The van der Waals surface area contributed by atoms with Crippen LogP contribution in [0.15, 0.2) is 22.9 Å². The third-order valence-corrected chi connectivity index (χ3v) is 3.54. The largest absolute Gasteiger partial charge is 0.480 e. The molecule has 1 aliphatic heterocycles. The Morgan fingerprint density at radius 3 is 3.00 bits per heavy atom. The van der Waals surface area contributed by atoms with E-state index in [4.69, 9.17) is 5.11 Å². The van der Waals surface area contributed by atoms with Crippen LogP contribution in [0.3, 0.4) is 0 Å². The van der Waals surface area contributed by atoms with Crippen molar-refractivity contribution in [3.8, 4) is 0 Å². The van der Waals surface area contributed by atoms with Gasteiger partial charge in [0, 0.05) is 12.7 Å². The maximum absolute atomic E-state index is 11.1. The maximum Gasteiger partial charge on any atom is 0.320 e. The van der Waals surface area contributed by atoms with Gasteiger partial charge < -0.3 is 5.11 Å². The molecule has 0 aliphatic carbocycles. The van der Waals surface area contributed by atoms with Gasteiger partial charge in [-0.25, -0.2) is 4.98 Å². The monoisotopic (exact) mass is 298 g/mol. The molecule has 1 aromatic heterocycles. The molecule has 5 heteroatoms. The van der Waals surface area contributed by atoms with E-state index in [2.05, 4.69) is 20.9 Å². The first kappa shape index (κ1) is 12.5. The molecule has 0 amide bonds. The standard InChI is InChI=1S/C12H15BrN2O2/c13-11-5-4-9(7-14-11)8-15-6-2-1-3-10(15)12(16)17/h4-5,7,10H,1-3,6,8H2,(H,16,17). The Morgan fingerprint density at radius 1 is 1.53 bits per heavy atom. The molecule has 1 aromatic rings. The summed E-state index contributed by atoms with van der Waals surface area (Å²) >= 11 is 3.29. The van der Waals surface area contributed by atoms with Crippen LogP contribution in [0, 0.1) is 0 Å². The Hall–Kier alpha value is -0.940. The van der Waals surface area contributed by atoms with Crippen LogP contribution in [-0.2, 0) is 11.3 Å². The number of pyridine rings is 1. The number of carboxylic acids is 1. The molecular formula is C12H15BrN2O2. The highest BCUT2D eigenvalue weighted by atomic mass is 79.9. The molecule has 1 N–H and O–H groups in total. The van der Waals surface area contributed by atoms with Gasteiger partial charge in [-0.1, -0.05) is 12.5 Å². The summed E-state index contributed by atoms with van der Waals surface area (Å²) in [5.41, 5.74) is 1.06. The van der Waals surface area contributed by atoms with Gasteiger partial charge >= 0.3 is 5.97 Å². The summed E-state index contributed by atoms with van der Waals surface area (Å²) in [6, 6.07) is 3.52. The Balaban J connectivity index is 2.05. The molecule has 1 aliphatic rings. The second-order valence-electron chi connectivity index (χ2n) is 4.31. The predicted octanol–water partition coefficient (Wildman–Crippen LogP) is 2.28. The number of carboxylic acid groups (broad SMARTS) is 1. The average Bonchev–Trinajstić information content (AvgIpc) is 2.32. The second kappa shape index (κ2) is 5.60. The zero-order valence-electron chi connectivity index (χ0n) is 9.47. The minimum atomic E-state index is -0.713. The van der Waals surface area contributed by atoms with Crippen LogP contribution >= 0.6 is 15.9 Å². The third kappa shape index (κ3) is 3.26. The maximum atomic E-state index is 11.1. The molecule has 92 valence electrons. The number of nitrogens with zero attached hydrogens (tertiary/aromatic N) is 2. The molecule has 0 radical (unpaired) electrons. The first-order valence-corrected chi connectivity index (χ1v) is 6.53. The van der Waals surface area contributed by atoms with E-state index in [0.717, 1.165) is 36.0 Å². The van der Waals surface area contributed by atoms with Crippen LogP contribution in [0.5, 0.6) is 0 Å². The van der Waals surface area contributed by atoms with Gasteiger partial charge in [-0.3, -0.25) is 9.69 Å². The minimum absolute atomic E-state index is 0.340. The molecule has 1 fully saturated rings. The normalized spacial score (nSPS) is 21.4. The van der Waals surface area contributed by atoms with E-state index in [1.54, 1.807) is 6.20 Å². The molecule has 0 bridgehead atoms. The molecule has 0 aromatic carbocycles. The van der Waals surface area contributed by atoms with Gasteiger partial charge in [-0.05, 0) is 46.9 Å². The fourth-order valence-corrected chi connectivity index (χ4v) is 2.43. The SMILES string of the molecule is O=C(O)C1CCCCN1Cc1ccc(Br)nc1. The number of aromatic nitrogens is 1. The molecule has 1 saturated heterocycles. The number of rotatable bonds is 3. The molecule has 17 heavy (non-hydrogen) atoms. The van der Waals surface area contributed by atoms with Crippen LogP contribution in [0.1, 0.15) is 24.8 Å². The summed E-state index contributed by atoms with van der Waals surface area (Å²) in [6.07, 6.45) is 4.62. The lowest BCUT2D eigenvalue weighted by Gasteiger charge is -2.32. The first-order valence-electron chi connectivity index (χ1n) is 5.74. The Kier molecular flexibility index (Phi) is 4.12. The molecule has 4 nitrogen and oxygen atoms in total. The number of aliphatic carboxylic acids is 1. The van der Waals surface area contributed by atoms with Crippen molar-refractivity contribution >= 4 is 21.9 Å². The molecule has 0 spiro atoms. The van der Waals surface area contributed by atoms with Crippen molar-refractivity contribution < 1.29 is 9.90 Å². The Labute approximate surface area is 109 Å². The summed E-state index contributed by atoms with van der Waals surface area (Å²) in [5, 5.41) is 9.17. The van der Waals surface area contributed by atoms with Crippen LogP contribution in [0.2, 0.25) is 0 Å². The van der Waals surface area contributed by atoms with Crippen LogP contribution < -0.4 is 0 Å². The van der Waals surface area contributed by atoms with Crippen LogP contribution in [0.25, 0.3) is 0 Å². The lowest BCUT2D eigenvalue weighted by molar-refractivity contribution is -0.144. The number of carbonyl (C=O) groups is 1. The Morgan fingerprint density at radius 2 is 2.35 bits per heavy atom. The molecule has 2 heterocycles. The number of piperidine rings is 1. The zero-order valence-corrected chi connectivity index (χ0v) is 11.1. The van der Waals surface area contributed by atoms with E-state index in [1.165, 1.54) is 0 Å². The number of halogens is 1. The highest BCUT2D eigenvalue weighted by Crippen LogP contribution is 2.20. The van der Waals surface area contributed by atoms with Crippen molar-refractivity contribution in [3.63, 3.8) is 0 Å². The number of hydrogen-bond acceptors (Lipinski definition) is 3. The van der Waals surface area contributed by atoms with Gasteiger partial charge in [0.2, 0.25) is 0 Å². The Bertz CT molecular complexity index is 394. The minimum Gasteiger partial charge on any atom is -0.480 e. The highest BCUT2D eigenvalue weighted by Gasteiger charge is 2.28. The van der Waals surface area contributed by atoms with E-state index < -0.39 is 5.97 Å². The summed E-state index contributed by atoms with van der Waals surface area (Å²) < 4.78 is 0.801. The van der Waals surface area contributed by atoms with Gasteiger partial charge in [0.05, 0.1) is 0 Å². The van der Waals surface area contributed by atoms with Crippen molar-refractivity contribution in [2.45, 2.75) is 31.8 Å². The van der Waals surface area contributed by atoms with E-state index in [1.807, 2.05) is 17.0 Å². The van der Waals surface area contributed by atoms with Gasteiger partial charge in [0.25, 0.3) is 0 Å². The van der Waals surface area contributed by atoms with E-state index >= 15 is 0 Å². The van der Waals surface area contributed by atoms with Crippen molar-refractivity contribution in [1.82, 2.24) is 9.88 Å². The fraction of sp³-hybridized carbons (Fsp3) is 0.500. The van der Waals surface area contributed by atoms with Crippen molar-refractivity contribution in [2.24, 2.45) is 0 Å². The smallest absolute Gasteiger partial charge is 0.320 e. The molecule has 0 saturated carbocycles. The molecule has 1 atom stereocenters. The van der Waals surface area contributed by atoms with Crippen molar-refractivity contribution in [3.05, 3.63) is 28.5 Å². The molecular weight excluding hydrogens is 284 g/mol. The third-order valence-electron chi connectivity index (χ3n) is 3.07. The average molecular weight is 299 g/mol. The highest BCUT2D eigenvalue weighted by molar-refractivity contribution is 9.10. The number of hydrogen-bond donors (Lipinski definition) is 1. The van der Waals surface area contributed by atoms with Crippen molar-refractivity contribution in [1.29, 1.82) is 0 Å². The lowest BCUT2D eigenvalue weighted by Crippen LogP contribution is -2.44. The lowest BCUT2D eigenvalue weighted by atomic mass is 10.0. The second-order valence-corrected chi connectivity index (χ2v) is 5.12. The molecule has 2 rings (SSSR count). The summed E-state index contributed by atoms with van der Waals surface area (Å²) in [7, 11) is 0. The predicted molar refractivity (Wildman–Crippen MR) is 67.6 cm³/mol. The van der Waals surface area contributed by atoms with E-state index in [0.29, 0.717) is 6.54 Å². The van der Waals surface area contributed by atoms with Gasteiger partial charge in [0.1, 0.15) is 10.6 Å². The topological polar surface area (TPSA) is 53.4 Å². The van der Waals surface area contributed by atoms with Gasteiger partial charge in [-0.2, -0.15) is 0 Å². The first-order chi connectivity index (χ1) is 8.16. The van der Waals surface area contributed by atoms with Crippen molar-refractivity contribution in [2.75, 3.05) is 6.54 Å².